The Bertz CT molecular complexity index is 321. The van der Waals surface area contributed by atoms with Gasteiger partial charge in [-0.2, -0.15) is 0 Å². The molecule has 0 radical (unpaired) electrons. The molecule has 1 heterocycles. The molecule has 0 atom stereocenters. The van der Waals surface area contributed by atoms with E-state index in [9.17, 15) is 9.90 Å². The van der Waals surface area contributed by atoms with E-state index >= 15 is 0 Å². The van der Waals surface area contributed by atoms with Gasteiger partial charge in [-0.1, -0.05) is 0 Å². The molecule has 4 nitrogen and oxygen atoms in total. The fourth-order valence-corrected chi connectivity index (χ4v) is 0.826. The fraction of sp³-hybridized carbons (Fsp3) is 0. The Labute approximate surface area is 83.5 Å². The van der Waals surface area contributed by atoms with Crippen molar-refractivity contribution in [2.24, 2.45) is 0 Å². The molecule has 5 heteroatoms. The van der Waals surface area contributed by atoms with Crippen molar-refractivity contribution in [2.45, 2.75) is 0 Å². The van der Waals surface area contributed by atoms with Gasteiger partial charge in [0.2, 0.25) is 5.82 Å². The van der Waals surface area contributed by atoms with E-state index < -0.39 is 5.97 Å². The predicted octanol–water partition coefficient (Wildman–Crippen LogP) is 0.206. The molecule has 0 aliphatic carbocycles. The summed E-state index contributed by atoms with van der Waals surface area (Å²) in [5.41, 5.74) is 0. The van der Waals surface area contributed by atoms with Crippen molar-refractivity contribution in [1.82, 2.24) is 9.97 Å². The van der Waals surface area contributed by atoms with Crippen LogP contribution in [0.3, 0.4) is 0 Å². The van der Waals surface area contributed by atoms with Gasteiger partial charge in [0.25, 0.3) is 0 Å². The van der Waals surface area contributed by atoms with Crippen LogP contribution in [0.5, 0.6) is 0 Å². The van der Waals surface area contributed by atoms with Crippen LogP contribution in [-0.4, -0.2) is 15.9 Å². The maximum atomic E-state index is 9.98. The molecule has 0 spiro atoms. The second-order valence-electron chi connectivity index (χ2n) is 2.10. The Balaban J connectivity index is 2.59. The number of hydrogen-bond donors (Lipinski definition) is 0. The highest BCUT2D eigenvalue weighted by Crippen LogP contribution is 2.04. The molecule has 0 aliphatic heterocycles. The van der Waals surface area contributed by atoms with E-state index in [0.29, 0.717) is 5.82 Å². The summed E-state index contributed by atoms with van der Waals surface area (Å²) < 4.78 is 0.772. The standard InChI is InChI=1S/C8H5BrN2O2/c9-6-4-10-7(11-5-6)2-1-3-8(12)13/h1-5H. The number of aromatic nitrogens is 2. The van der Waals surface area contributed by atoms with Gasteiger partial charge in [-0.15, -0.1) is 0 Å². The van der Waals surface area contributed by atoms with Gasteiger partial charge < -0.3 is 9.90 Å². The van der Waals surface area contributed by atoms with Crippen molar-refractivity contribution in [3.05, 3.63) is 35.2 Å². The molecule has 0 aliphatic rings. The molecule has 0 bridgehead atoms. The molecule has 0 unspecified atom stereocenters. The summed E-state index contributed by atoms with van der Waals surface area (Å²) in [4.78, 5) is 17.8. The van der Waals surface area contributed by atoms with Crippen LogP contribution in [0.1, 0.15) is 5.82 Å². The Morgan fingerprint density at radius 1 is 1.54 bits per heavy atom. The number of carboxylic acid groups (broad SMARTS) is 1. The highest BCUT2D eigenvalue weighted by atomic mass is 79.9. The van der Waals surface area contributed by atoms with Crippen molar-refractivity contribution >= 4 is 28.0 Å². The summed E-state index contributed by atoms with van der Waals surface area (Å²) in [5, 5.41) is 9.98. The Kier molecular flexibility index (Phi) is 3.45. The third kappa shape index (κ3) is 3.71. The molecule has 1 aromatic heterocycles. The normalized spacial score (nSPS) is 10.2. The molecule has 0 N–H and O–H groups in total. The second kappa shape index (κ2) is 4.61. The van der Waals surface area contributed by atoms with Gasteiger partial charge >= 0.3 is 0 Å². The lowest BCUT2D eigenvalue weighted by atomic mass is 10.4. The number of rotatable bonds is 3. The van der Waals surface area contributed by atoms with Crippen molar-refractivity contribution in [3.8, 4) is 0 Å². The SMILES string of the molecule is O=C([O-])[CH+]C=Cc1ncc(Br)cn1. The minimum atomic E-state index is -1.24. The number of carbonyl (C=O) groups excluding carboxylic acids is 1. The number of hydrogen-bond acceptors (Lipinski definition) is 4. The highest BCUT2D eigenvalue weighted by Gasteiger charge is 1.96. The first-order valence-electron chi connectivity index (χ1n) is 3.38. The van der Waals surface area contributed by atoms with Crippen LogP contribution in [0.25, 0.3) is 6.08 Å². The van der Waals surface area contributed by atoms with Crippen LogP contribution in [0.4, 0.5) is 0 Å². The maximum Gasteiger partial charge on any atom is 0.239 e. The molecule has 1 rings (SSSR count). The number of halogens is 1. The summed E-state index contributed by atoms with van der Waals surface area (Å²) >= 11 is 3.18. The van der Waals surface area contributed by atoms with Crippen molar-refractivity contribution in [3.63, 3.8) is 0 Å². The molecule has 66 valence electrons. The first kappa shape index (κ1) is 9.73. The Hall–Kier alpha value is -1.36. The molecule has 0 aromatic carbocycles. The molecular formula is C8H5BrN2O2. The lowest BCUT2D eigenvalue weighted by molar-refractivity contribution is -0.299. The van der Waals surface area contributed by atoms with Crippen LogP contribution >= 0.6 is 15.9 Å². The van der Waals surface area contributed by atoms with Crippen LogP contribution in [0.2, 0.25) is 0 Å². The maximum absolute atomic E-state index is 9.98. The van der Waals surface area contributed by atoms with Gasteiger partial charge in [0.05, 0.1) is 10.9 Å². The molecule has 1 aromatic rings. The van der Waals surface area contributed by atoms with Gasteiger partial charge in [0, 0.05) is 12.4 Å². The first-order valence-corrected chi connectivity index (χ1v) is 4.18. The van der Waals surface area contributed by atoms with E-state index in [-0.39, 0.29) is 0 Å². The molecule has 0 saturated carbocycles. The van der Waals surface area contributed by atoms with E-state index in [1.165, 1.54) is 12.2 Å². The molecule has 0 fully saturated rings. The third-order valence-corrected chi connectivity index (χ3v) is 1.53. The lowest BCUT2D eigenvalue weighted by Crippen LogP contribution is -2.21. The van der Waals surface area contributed by atoms with Crippen molar-refractivity contribution < 1.29 is 9.90 Å². The second-order valence-corrected chi connectivity index (χ2v) is 3.02. The zero-order chi connectivity index (χ0) is 9.68. The van der Waals surface area contributed by atoms with Crippen LogP contribution in [-0.2, 0) is 4.79 Å². The number of carboxylic acids is 1. The van der Waals surface area contributed by atoms with E-state index in [1.807, 2.05) is 0 Å². The fourth-order valence-electron chi connectivity index (χ4n) is 0.621. The van der Waals surface area contributed by atoms with E-state index in [1.54, 1.807) is 12.4 Å². The van der Waals surface area contributed by atoms with Gasteiger partial charge in [0.1, 0.15) is 12.2 Å². The first-order chi connectivity index (χ1) is 6.18. The van der Waals surface area contributed by atoms with Crippen molar-refractivity contribution in [2.75, 3.05) is 0 Å². The van der Waals surface area contributed by atoms with Crippen LogP contribution in [0.15, 0.2) is 22.9 Å². The summed E-state index contributed by atoms with van der Waals surface area (Å²) in [5.74, 6) is -0.797. The van der Waals surface area contributed by atoms with Crippen LogP contribution in [0, 0.1) is 6.42 Å². The topological polar surface area (TPSA) is 65.9 Å². The van der Waals surface area contributed by atoms with Gasteiger partial charge in [0.15, 0.2) is 5.97 Å². The number of nitrogens with zero attached hydrogens (tertiary/aromatic N) is 2. The van der Waals surface area contributed by atoms with Crippen LogP contribution < -0.4 is 5.11 Å². The predicted molar refractivity (Wildman–Crippen MR) is 48.1 cm³/mol. The number of aliphatic carboxylic acids is 1. The number of carbonyl (C=O) groups is 1. The average molecular weight is 241 g/mol. The Morgan fingerprint density at radius 2 is 2.15 bits per heavy atom. The van der Waals surface area contributed by atoms with Gasteiger partial charge in [-0.3, -0.25) is 0 Å². The molecular weight excluding hydrogens is 236 g/mol. The highest BCUT2D eigenvalue weighted by molar-refractivity contribution is 9.10. The average Bonchev–Trinajstić information content (AvgIpc) is 2.08. The van der Waals surface area contributed by atoms with Gasteiger partial charge in [-0.25, -0.2) is 9.97 Å². The summed E-state index contributed by atoms with van der Waals surface area (Å²) in [6.45, 7) is 0. The summed E-state index contributed by atoms with van der Waals surface area (Å²) in [7, 11) is 0. The third-order valence-electron chi connectivity index (χ3n) is 1.12. The lowest BCUT2D eigenvalue weighted by Gasteiger charge is -1.87. The molecule has 0 saturated heterocycles. The van der Waals surface area contributed by atoms with Gasteiger partial charge in [-0.05, 0) is 15.9 Å². The summed E-state index contributed by atoms with van der Waals surface area (Å²) in [6.07, 6.45) is 6.85. The zero-order valence-corrected chi connectivity index (χ0v) is 8.06. The van der Waals surface area contributed by atoms with E-state index in [0.717, 1.165) is 10.9 Å². The zero-order valence-electron chi connectivity index (χ0n) is 6.48. The van der Waals surface area contributed by atoms with Crippen molar-refractivity contribution in [1.29, 1.82) is 0 Å². The molecule has 13 heavy (non-hydrogen) atoms. The van der Waals surface area contributed by atoms with E-state index in [4.69, 9.17) is 0 Å². The smallest absolute Gasteiger partial charge is 0.239 e. The minimum absolute atomic E-state index is 0.445. The molecule has 0 amide bonds. The minimum Gasteiger partial charge on any atom is -0.527 e. The quantitative estimate of drug-likeness (QED) is 0.709. The largest absolute Gasteiger partial charge is 0.527 e. The van der Waals surface area contributed by atoms with E-state index in [2.05, 4.69) is 25.9 Å². The summed E-state index contributed by atoms with van der Waals surface area (Å²) in [6, 6.07) is 0. The monoisotopic (exact) mass is 240 g/mol. The Morgan fingerprint density at radius 3 is 2.69 bits per heavy atom.